The third kappa shape index (κ3) is 4.67. The quantitative estimate of drug-likeness (QED) is 0.169. The molecule has 0 unspecified atom stereocenters. The smallest absolute Gasteiger partial charge is 0.0746 e. The summed E-state index contributed by atoms with van der Waals surface area (Å²) < 4.78 is 0. The maximum Gasteiger partial charge on any atom is 0.0746 e. The normalized spacial score (nSPS) is 14.2. The Morgan fingerprint density at radius 3 is 1.41 bits per heavy atom. The molecule has 0 saturated carbocycles. The molecule has 0 atom stereocenters. The summed E-state index contributed by atoms with van der Waals surface area (Å²) in [7, 11) is 0. The second kappa shape index (κ2) is 12.6. The van der Waals surface area contributed by atoms with E-state index in [1.165, 1.54) is 94.7 Å². The van der Waals surface area contributed by atoms with Crippen molar-refractivity contribution in [1.29, 1.82) is 0 Å². The van der Waals surface area contributed by atoms with Crippen LogP contribution in [0.5, 0.6) is 0 Å². The summed E-state index contributed by atoms with van der Waals surface area (Å²) >= 11 is 0. The molecule has 0 saturated heterocycles. The standard InChI is InChI=1S/C58H41N/c1-57(2)52-36-40(38-18-5-3-6-19-38)32-34-46(52)47-35-33-41(37-53(47)57)59(54-30-16-12-22-42(54)39-20-7-4-8-21-39)55-31-17-26-48-45-25-11-15-29-51(45)58(56(48)55)49-27-13-9-23-43(49)44-24-10-14-28-50(44)58/h3-37H,1-2H3. The number of benzene rings is 9. The Kier molecular flexibility index (Phi) is 7.26. The molecule has 1 nitrogen and oxygen atoms in total. The Hall–Kier alpha value is -7.22. The van der Waals surface area contributed by atoms with E-state index in [9.17, 15) is 0 Å². The predicted octanol–water partition coefficient (Wildman–Crippen LogP) is 15.1. The van der Waals surface area contributed by atoms with Gasteiger partial charge in [-0.15, -0.1) is 0 Å². The highest BCUT2D eigenvalue weighted by Crippen LogP contribution is 2.65. The van der Waals surface area contributed by atoms with Crippen molar-refractivity contribution in [2.45, 2.75) is 24.7 Å². The molecule has 0 bridgehead atoms. The minimum absolute atomic E-state index is 0.213. The molecule has 0 heterocycles. The van der Waals surface area contributed by atoms with E-state index in [4.69, 9.17) is 0 Å². The fourth-order valence-corrected chi connectivity index (χ4v) is 10.9. The number of fused-ring (bicyclic) bond motifs is 13. The second-order valence-electron chi connectivity index (χ2n) is 16.8. The largest absolute Gasteiger partial charge is 0.310 e. The Morgan fingerprint density at radius 1 is 0.305 bits per heavy atom. The average molecular weight is 752 g/mol. The zero-order valence-corrected chi connectivity index (χ0v) is 33.2. The Bertz CT molecular complexity index is 3070. The van der Waals surface area contributed by atoms with Gasteiger partial charge in [0.15, 0.2) is 0 Å². The molecule has 278 valence electrons. The molecule has 9 aromatic carbocycles. The first-order chi connectivity index (χ1) is 29.0. The van der Waals surface area contributed by atoms with Gasteiger partial charge in [-0.1, -0.05) is 196 Å². The van der Waals surface area contributed by atoms with Gasteiger partial charge in [-0.05, 0) is 108 Å². The summed E-state index contributed by atoms with van der Waals surface area (Å²) in [6, 6.07) is 79.2. The molecule has 3 aliphatic rings. The number of anilines is 3. The molecule has 1 spiro atoms. The maximum atomic E-state index is 2.58. The highest BCUT2D eigenvalue weighted by Gasteiger charge is 2.53. The SMILES string of the molecule is CC1(C)c2cc(-c3ccccc3)ccc2-c2ccc(N(c3ccccc3-c3ccccc3)c3cccc4c3C3(c5ccccc5-c5ccccc53)c3ccccc3-4)cc21. The molecule has 12 rings (SSSR count). The van der Waals surface area contributed by atoms with Crippen LogP contribution in [0.4, 0.5) is 17.1 Å². The van der Waals surface area contributed by atoms with Gasteiger partial charge in [-0.3, -0.25) is 0 Å². The summed E-state index contributed by atoms with van der Waals surface area (Å²) in [4.78, 5) is 2.58. The van der Waals surface area contributed by atoms with E-state index in [2.05, 4.69) is 231 Å². The minimum atomic E-state index is -0.504. The van der Waals surface area contributed by atoms with Crippen molar-refractivity contribution in [3.8, 4) is 55.6 Å². The molecule has 0 amide bonds. The molecular formula is C58H41N. The highest BCUT2D eigenvalue weighted by molar-refractivity contribution is 6.01. The van der Waals surface area contributed by atoms with Crippen LogP contribution in [-0.2, 0) is 10.8 Å². The summed E-state index contributed by atoms with van der Waals surface area (Å²) in [5.74, 6) is 0. The van der Waals surface area contributed by atoms with Crippen molar-refractivity contribution in [3.63, 3.8) is 0 Å². The fraction of sp³-hybridized carbons (Fsp3) is 0.0690. The van der Waals surface area contributed by atoms with Gasteiger partial charge in [0.05, 0.1) is 16.8 Å². The third-order valence-electron chi connectivity index (χ3n) is 13.5. The van der Waals surface area contributed by atoms with Crippen molar-refractivity contribution in [3.05, 3.63) is 246 Å². The highest BCUT2D eigenvalue weighted by atomic mass is 15.1. The van der Waals surface area contributed by atoms with Gasteiger partial charge in [0, 0.05) is 22.2 Å². The molecule has 9 aromatic rings. The Balaban J connectivity index is 1.14. The third-order valence-corrected chi connectivity index (χ3v) is 13.5. The van der Waals surface area contributed by atoms with Gasteiger partial charge >= 0.3 is 0 Å². The van der Waals surface area contributed by atoms with Crippen molar-refractivity contribution < 1.29 is 0 Å². The number of hydrogen-bond donors (Lipinski definition) is 0. The van der Waals surface area contributed by atoms with Crippen molar-refractivity contribution in [2.24, 2.45) is 0 Å². The van der Waals surface area contributed by atoms with Crippen LogP contribution >= 0.6 is 0 Å². The van der Waals surface area contributed by atoms with Gasteiger partial charge in [0.25, 0.3) is 0 Å². The lowest BCUT2D eigenvalue weighted by atomic mass is 9.70. The van der Waals surface area contributed by atoms with Gasteiger partial charge in [-0.25, -0.2) is 0 Å². The van der Waals surface area contributed by atoms with Gasteiger partial charge < -0.3 is 4.90 Å². The van der Waals surface area contributed by atoms with Crippen LogP contribution in [0.15, 0.2) is 212 Å². The zero-order chi connectivity index (χ0) is 39.3. The lowest BCUT2D eigenvalue weighted by molar-refractivity contribution is 0.660. The maximum absolute atomic E-state index is 2.58. The topological polar surface area (TPSA) is 3.24 Å². The second-order valence-corrected chi connectivity index (χ2v) is 16.8. The van der Waals surface area contributed by atoms with Gasteiger partial charge in [0.1, 0.15) is 0 Å². The van der Waals surface area contributed by atoms with Crippen LogP contribution in [0.1, 0.15) is 47.2 Å². The summed E-state index contributed by atoms with van der Waals surface area (Å²) in [6.45, 7) is 4.80. The minimum Gasteiger partial charge on any atom is -0.310 e. The number of rotatable bonds is 5. The van der Waals surface area contributed by atoms with E-state index >= 15 is 0 Å². The lowest BCUT2D eigenvalue weighted by Crippen LogP contribution is -2.28. The predicted molar refractivity (Wildman–Crippen MR) is 246 cm³/mol. The van der Waals surface area contributed by atoms with Crippen LogP contribution < -0.4 is 4.90 Å². The van der Waals surface area contributed by atoms with E-state index in [1.54, 1.807) is 0 Å². The van der Waals surface area contributed by atoms with Gasteiger partial charge in [-0.2, -0.15) is 0 Å². The van der Waals surface area contributed by atoms with E-state index in [-0.39, 0.29) is 5.41 Å². The zero-order valence-electron chi connectivity index (χ0n) is 33.2. The van der Waals surface area contributed by atoms with Crippen molar-refractivity contribution in [1.82, 2.24) is 0 Å². The van der Waals surface area contributed by atoms with Crippen LogP contribution in [0.3, 0.4) is 0 Å². The Labute approximate surface area is 346 Å². The fourth-order valence-electron chi connectivity index (χ4n) is 10.9. The number of para-hydroxylation sites is 1. The molecule has 1 heteroatoms. The van der Waals surface area contributed by atoms with E-state index < -0.39 is 5.41 Å². The van der Waals surface area contributed by atoms with E-state index in [0.717, 1.165) is 11.4 Å². The molecular weight excluding hydrogens is 711 g/mol. The summed E-state index contributed by atoms with van der Waals surface area (Å²) in [6.07, 6.45) is 0. The molecule has 0 fully saturated rings. The summed E-state index contributed by atoms with van der Waals surface area (Å²) in [5, 5.41) is 0. The summed E-state index contributed by atoms with van der Waals surface area (Å²) in [5.41, 5.74) is 23.6. The monoisotopic (exact) mass is 751 g/mol. The van der Waals surface area contributed by atoms with Crippen molar-refractivity contribution in [2.75, 3.05) is 4.90 Å². The number of nitrogens with zero attached hydrogens (tertiary/aromatic N) is 1. The molecule has 0 aliphatic heterocycles. The first-order valence-electron chi connectivity index (χ1n) is 20.8. The first-order valence-corrected chi connectivity index (χ1v) is 20.8. The van der Waals surface area contributed by atoms with Crippen LogP contribution in [0.25, 0.3) is 55.6 Å². The lowest BCUT2D eigenvalue weighted by Gasteiger charge is -2.36. The van der Waals surface area contributed by atoms with E-state index in [1.807, 2.05) is 0 Å². The average Bonchev–Trinajstić information content (AvgIpc) is 3.86. The molecule has 0 aromatic heterocycles. The Morgan fingerprint density at radius 2 is 0.763 bits per heavy atom. The molecule has 3 aliphatic carbocycles. The molecule has 0 N–H and O–H groups in total. The van der Waals surface area contributed by atoms with Crippen LogP contribution in [-0.4, -0.2) is 0 Å². The first kappa shape index (κ1) is 33.9. The van der Waals surface area contributed by atoms with Crippen molar-refractivity contribution >= 4 is 17.1 Å². The molecule has 0 radical (unpaired) electrons. The van der Waals surface area contributed by atoms with Gasteiger partial charge in [0.2, 0.25) is 0 Å². The number of hydrogen-bond acceptors (Lipinski definition) is 1. The van der Waals surface area contributed by atoms with Crippen LogP contribution in [0.2, 0.25) is 0 Å². The van der Waals surface area contributed by atoms with Crippen LogP contribution in [0, 0.1) is 0 Å². The van der Waals surface area contributed by atoms with E-state index in [0.29, 0.717) is 0 Å². The molecule has 59 heavy (non-hydrogen) atoms.